The number of benzene rings is 1. The molecule has 0 heterocycles. The zero-order chi connectivity index (χ0) is 10.8. The van der Waals surface area contributed by atoms with Crippen LogP contribution in [0.25, 0.3) is 0 Å². The molecule has 0 saturated carbocycles. The van der Waals surface area contributed by atoms with Gasteiger partial charge in [-0.15, -0.1) is 19.6 Å². The summed E-state index contributed by atoms with van der Waals surface area (Å²) in [5.74, 6) is 1.63. The third-order valence-corrected chi connectivity index (χ3v) is 1.38. The minimum absolute atomic E-state index is 0.0256. The maximum atomic E-state index is 11.8. The van der Waals surface area contributed by atoms with Crippen molar-refractivity contribution in [1.82, 2.24) is 0 Å². The van der Waals surface area contributed by atoms with Crippen LogP contribution in [0.1, 0.15) is 5.56 Å². The van der Waals surface area contributed by atoms with Crippen molar-refractivity contribution in [1.29, 1.82) is 0 Å². The second kappa shape index (κ2) is 3.50. The van der Waals surface area contributed by atoms with Crippen LogP contribution in [0.5, 0.6) is 5.75 Å². The highest BCUT2D eigenvalue weighted by atomic mass is 19.4. The quantitative estimate of drug-likeness (QED) is 0.558. The molecule has 1 aromatic carbocycles. The van der Waals surface area contributed by atoms with Gasteiger partial charge in [0.1, 0.15) is 5.75 Å². The lowest BCUT2D eigenvalue weighted by Gasteiger charge is -2.10. The maximum Gasteiger partial charge on any atom is 0.573 e. The van der Waals surface area contributed by atoms with Crippen molar-refractivity contribution in [3.8, 4) is 18.1 Å². The second-order valence-electron chi connectivity index (χ2n) is 2.45. The number of halogens is 3. The van der Waals surface area contributed by atoms with Gasteiger partial charge in [0.2, 0.25) is 0 Å². The minimum atomic E-state index is -4.75. The van der Waals surface area contributed by atoms with E-state index >= 15 is 0 Å². The Balaban J connectivity index is 3.05. The minimum Gasteiger partial charge on any atom is -0.404 e. The summed E-state index contributed by atoms with van der Waals surface area (Å²) in [4.78, 5) is 0. The summed E-state index contributed by atoms with van der Waals surface area (Å²) < 4.78 is 39.2. The van der Waals surface area contributed by atoms with E-state index in [9.17, 15) is 13.2 Å². The molecule has 0 aromatic heterocycles. The van der Waals surface area contributed by atoms with Crippen molar-refractivity contribution < 1.29 is 17.9 Å². The van der Waals surface area contributed by atoms with Gasteiger partial charge >= 0.3 is 6.36 Å². The average Bonchev–Trinajstić information content (AvgIpc) is 2.06. The molecule has 1 rings (SSSR count). The molecule has 5 heteroatoms. The second-order valence-corrected chi connectivity index (χ2v) is 2.45. The molecule has 0 amide bonds. The SMILES string of the molecule is C#Cc1cc(N)ccc1OC(F)(F)F. The Morgan fingerprint density at radius 1 is 1.36 bits per heavy atom. The Morgan fingerprint density at radius 2 is 2.00 bits per heavy atom. The maximum absolute atomic E-state index is 11.8. The largest absolute Gasteiger partial charge is 0.573 e. The summed E-state index contributed by atoms with van der Waals surface area (Å²) in [7, 11) is 0. The number of terminal acetylenes is 1. The Bertz CT molecular complexity index is 379. The fourth-order valence-electron chi connectivity index (χ4n) is 0.874. The molecule has 1 aromatic rings. The lowest BCUT2D eigenvalue weighted by molar-refractivity contribution is -0.274. The molecule has 2 nitrogen and oxygen atoms in total. The van der Waals surface area contributed by atoms with Crippen LogP contribution in [0.4, 0.5) is 18.9 Å². The van der Waals surface area contributed by atoms with Gasteiger partial charge in [-0.25, -0.2) is 0 Å². The van der Waals surface area contributed by atoms with Gasteiger partial charge in [0.05, 0.1) is 5.56 Å². The number of nitrogens with two attached hydrogens (primary N) is 1. The first kappa shape index (κ1) is 10.3. The van der Waals surface area contributed by atoms with E-state index in [4.69, 9.17) is 12.2 Å². The average molecular weight is 201 g/mol. The van der Waals surface area contributed by atoms with Gasteiger partial charge in [-0.1, -0.05) is 5.92 Å². The van der Waals surface area contributed by atoms with Gasteiger partial charge in [0, 0.05) is 5.69 Å². The van der Waals surface area contributed by atoms with Crippen LogP contribution in [0.15, 0.2) is 18.2 Å². The van der Waals surface area contributed by atoms with Crippen LogP contribution in [-0.4, -0.2) is 6.36 Å². The number of ether oxygens (including phenoxy) is 1. The number of alkyl halides is 3. The fourth-order valence-corrected chi connectivity index (χ4v) is 0.874. The molecular weight excluding hydrogens is 195 g/mol. The van der Waals surface area contributed by atoms with Crippen LogP contribution in [0.3, 0.4) is 0 Å². The van der Waals surface area contributed by atoms with E-state index in [0.29, 0.717) is 0 Å². The lowest BCUT2D eigenvalue weighted by atomic mass is 10.2. The van der Waals surface area contributed by atoms with E-state index in [2.05, 4.69) is 10.7 Å². The normalized spacial score (nSPS) is 10.7. The molecule has 0 fully saturated rings. The van der Waals surface area contributed by atoms with E-state index < -0.39 is 12.1 Å². The first-order valence-corrected chi connectivity index (χ1v) is 3.54. The fraction of sp³-hybridized carbons (Fsp3) is 0.111. The summed E-state index contributed by atoms with van der Waals surface area (Å²) in [6.45, 7) is 0. The molecule has 0 radical (unpaired) electrons. The van der Waals surface area contributed by atoms with Crippen LogP contribution in [0.2, 0.25) is 0 Å². The first-order chi connectivity index (χ1) is 6.42. The Hall–Kier alpha value is -1.83. The lowest BCUT2D eigenvalue weighted by Crippen LogP contribution is -2.17. The number of anilines is 1. The van der Waals surface area contributed by atoms with Crippen molar-refractivity contribution in [3.05, 3.63) is 23.8 Å². The summed E-state index contributed by atoms with van der Waals surface area (Å²) in [5.41, 5.74) is 5.59. The molecule has 14 heavy (non-hydrogen) atoms. The van der Waals surface area contributed by atoms with Gasteiger partial charge in [-0.05, 0) is 18.2 Å². The molecule has 0 unspecified atom stereocenters. The molecule has 0 atom stereocenters. The molecular formula is C9H6F3NO. The Labute approximate surface area is 78.5 Å². The van der Waals surface area contributed by atoms with Crippen molar-refractivity contribution >= 4 is 5.69 Å². The van der Waals surface area contributed by atoms with Crippen molar-refractivity contribution in [2.45, 2.75) is 6.36 Å². The zero-order valence-electron chi connectivity index (χ0n) is 6.93. The monoisotopic (exact) mass is 201 g/mol. The number of hydrogen-bond acceptors (Lipinski definition) is 2. The molecule has 74 valence electrons. The third kappa shape index (κ3) is 2.59. The summed E-state index contributed by atoms with van der Waals surface area (Å²) >= 11 is 0. The Morgan fingerprint density at radius 3 is 2.50 bits per heavy atom. The molecule has 0 aliphatic heterocycles. The van der Waals surface area contributed by atoms with E-state index in [1.165, 1.54) is 12.1 Å². The molecule has 2 N–H and O–H groups in total. The smallest absolute Gasteiger partial charge is 0.404 e. The zero-order valence-corrected chi connectivity index (χ0v) is 6.93. The first-order valence-electron chi connectivity index (χ1n) is 3.54. The molecule has 0 aliphatic carbocycles. The van der Waals surface area contributed by atoms with Gasteiger partial charge in [0.25, 0.3) is 0 Å². The topological polar surface area (TPSA) is 35.2 Å². The van der Waals surface area contributed by atoms with Gasteiger partial charge < -0.3 is 10.5 Å². The predicted octanol–water partition coefficient (Wildman–Crippen LogP) is 2.15. The van der Waals surface area contributed by atoms with Crippen molar-refractivity contribution in [3.63, 3.8) is 0 Å². The van der Waals surface area contributed by atoms with Crippen LogP contribution in [0, 0.1) is 12.3 Å². The number of rotatable bonds is 1. The van der Waals surface area contributed by atoms with Gasteiger partial charge in [-0.3, -0.25) is 0 Å². The number of hydrogen-bond donors (Lipinski definition) is 1. The molecule has 0 spiro atoms. The van der Waals surface area contributed by atoms with E-state index in [1.54, 1.807) is 0 Å². The predicted molar refractivity (Wildman–Crippen MR) is 45.5 cm³/mol. The van der Waals surface area contributed by atoms with E-state index in [0.717, 1.165) is 6.07 Å². The van der Waals surface area contributed by atoms with Gasteiger partial charge in [0.15, 0.2) is 0 Å². The highest BCUT2D eigenvalue weighted by molar-refractivity contribution is 5.54. The van der Waals surface area contributed by atoms with Crippen LogP contribution >= 0.6 is 0 Å². The highest BCUT2D eigenvalue weighted by Gasteiger charge is 2.31. The standard InChI is InChI=1S/C9H6F3NO/c1-2-6-5-7(13)3-4-8(6)14-9(10,11)12/h1,3-5H,13H2. The highest BCUT2D eigenvalue weighted by Crippen LogP contribution is 2.27. The van der Waals surface area contributed by atoms with Crippen molar-refractivity contribution in [2.24, 2.45) is 0 Å². The van der Waals surface area contributed by atoms with E-state index in [1.807, 2.05) is 0 Å². The molecule has 0 bridgehead atoms. The van der Waals surface area contributed by atoms with Crippen molar-refractivity contribution in [2.75, 3.05) is 5.73 Å². The number of nitrogen functional groups attached to an aromatic ring is 1. The summed E-state index contributed by atoms with van der Waals surface area (Å²) in [5, 5.41) is 0. The molecule has 0 saturated heterocycles. The van der Waals surface area contributed by atoms with Gasteiger partial charge in [-0.2, -0.15) is 0 Å². The van der Waals surface area contributed by atoms with Crippen LogP contribution < -0.4 is 10.5 Å². The third-order valence-electron chi connectivity index (χ3n) is 1.38. The summed E-state index contributed by atoms with van der Waals surface area (Å²) in [6.07, 6.45) is 0.237. The Kier molecular flexibility index (Phi) is 2.56. The summed E-state index contributed by atoms with van der Waals surface area (Å²) in [6, 6.07) is 3.60. The van der Waals surface area contributed by atoms with Crippen LogP contribution in [-0.2, 0) is 0 Å². The van der Waals surface area contributed by atoms with E-state index in [-0.39, 0.29) is 11.3 Å². The molecule has 0 aliphatic rings.